The third-order valence-corrected chi connectivity index (χ3v) is 3.45. The second kappa shape index (κ2) is 4.45. The van der Waals surface area contributed by atoms with Crippen molar-refractivity contribution < 1.29 is 14.3 Å². The average Bonchev–Trinajstić information content (AvgIpc) is 2.27. The Bertz CT molecular complexity index is 440. The number of methoxy groups -OCH3 is 2. The number of Topliss-reactive ketones (excluding diaryl/α,β-unsaturated/α-hetero) is 1. The third-order valence-electron chi connectivity index (χ3n) is 2.86. The van der Waals surface area contributed by atoms with Gasteiger partial charge in [-0.05, 0) is 28.4 Å². The summed E-state index contributed by atoms with van der Waals surface area (Å²) in [5.41, 5.74) is 2.06. The highest BCUT2D eigenvalue weighted by Crippen LogP contribution is 2.40. The van der Waals surface area contributed by atoms with Gasteiger partial charge < -0.3 is 9.47 Å². The molecule has 3 nitrogen and oxygen atoms in total. The Morgan fingerprint density at radius 3 is 2.56 bits per heavy atom. The molecular formula is C12H13BrO3. The number of carbonyl (C=O) groups excluding carboxylic acids is 1. The minimum absolute atomic E-state index is 0.256. The van der Waals surface area contributed by atoms with Crippen molar-refractivity contribution in [1.82, 2.24) is 0 Å². The molecular weight excluding hydrogens is 272 g/mol. The number of benzene rings is 1. The van der Waals surface area contributed by atoms with Crippen LogP contribution in [-0.4, -0.2) is 20.0 Å². The monoisotopic (exact) mass is 284 g/mol. The van der Waals surface area contributed by atoms with E-state index in [1.54, 1.807) is 14.2 Å². The van der Waals surface area contributed by atoms with E-state index in [4.69, 9.17) is 9.47 Å². The summed E-state index contributed by atoms with van der Waals surface area (Å²) in [5.74, 6) is 1.84. The maximum Gasteiger partial charge on any atom is 0.137 e. The predicted molar refractivity (Wildman–Crippen MR) is 64.3 cm³/mol. The van der Waals surface area contributed by atoms with E-state index in [2.05, 4.69) is 15.9 Å². The zero-order valence-electron chi connectivity index (χ0n) is 9.30. The van der Waals surface area contributed by atoms with Gasteiger partial charge in [-0.2, -0.15) is 0 Å². The Balaban J connectivity index is 2.62. The summed E-state index contributed by atoms with van der Waals surface area (Å²) in [4.78, 5) is 11.5. The molecule has 0 bridgehead atoms. The molecule has 0 spiro atoms. The SMILES string of the molecule is COc1cc(Br)c(OC)c2c1CCC(=O)C2. The normalized spacial score (nSPS) is 14.6. The van der Waals surface area contributed by atoms with Crippen molar-refractivity contribution in [3.63, 3.8) is 0 Å². The number of hydrogen-bond donors (Lipinski definition) is 0. The predicted octanol–water partition coefficient (Wildman–Crippen LogP) is 2.52. The van der Waals surface area contributed by atoms with Crippen molar-refractivity contribution in [2.24, 2.45) is 0 Å². The average molecular weight is 285 g/mol. The van der Waals surface area contributed by atoms with Crippen LogP contribution in [0.3, 0.4) is 0 Å². The van der Waals surface area contributed by atoms with Gasteiger partial charge in [0.1, 0.15) is 17.3 Å². The molecule has 1 aliphatic rings. The molecule has 0 aliphatic heterocycles. The molecule has 0 aromatic heterocycles. The second-order valence-corrected chi connectivity index (χ2v) is 4.62. The molecule has 1 aromatic carbocycles. The van der Waals surface area contributed by atoms with Crippen molar-refractivity contribution in [2.75, 3.05) is 14.2 Å². The van der Waals surface area contributed by atoms with Crippen LogP contribution in [0.5, 0.6) is 11.5 Å². The largest absolute Gasteiger partial charge is 0.496 e. The number of halogens is 1. The van der Waals surface area contributed by atoms with E-state index in [1.165, 1.54) is 0 Å². The van der Waals surface area contributed by atoms with Gasteiger partial charge in [0.2, 0.25) is 0 Å². The minimum Gasteiger partial charge on any atom is -0.496 e. The molecule has 1 aromatic rings. The van der Waals surface area contributed by atoms with Gasteiger partial charge in [-0.3, -0.25) is 4.79 Å². The highest BCUT2D eigenvalue weighted by atomic mass is 79.9. The van der Waals surface area contributed by atoms with E-state index in [-0.39, 0.29) is 5.78 Å². The summed E-state index contributed by atoms with van der Waals surface area (Å²) >= 11 is 3.43. The molecule has 0 saturated heterocycles. The molecule has 1 aliphatic carbocycles. The molecule has 0 amide bonds. The van der Waals surface area contributed by atoms with Crippen molar-refractivity contribution in [2.45, 2.75) is 19.3 Å². The van der Waals surface area contributed by atoms with Crippen LogP contribution in [0.4, 0.5) is 0 Å². The molecule has 0 unspecified atom stereocenters. The zero-order valence-corrected chi connectivity index (χ0v) is 10.9. The van der Waals surface area contributed by atoms with Crippen LogP contribution in [0.2, 0.25) is 0 Å². The van der Waals surface area contributed by atoms with Gasteiger partial charge >= 0.3 is 0 Å². The number of hydrogen-bond acceptors (Lipinski definition) is 3. The quantitative estimate of drug-likeness (QED) is 0.837. The molecule has 0 radical (unpaired) electrons. The maximum atomic E-state index is 11.5. The first-order valence-electron chi connectivity index (χ1n) is 5.11. The van der Waals surface area contributed by atoms with E-state index >= 15 is 0 Å². The van der Waals surface area contributed by atoms with Gasteiger partial charge in [0.25, 0.3) is 0 Å². The Kier molecular flexibility index (Phi) is 3.19. The Labute approximate surface area is 103 Å². The zero-order chi connectivity index (χ0) is 11.7. The highest BCUT2D eigenvalue weighted by molar-refractivity contribution is 9.10. The number of fused-ring (bicyclic) bond motifs is 1. The van der Waals surface area contributed by atoms with Gasteiger partial charge in [0.05, 0.1) is 18.7 Å². The van der Waals surface area contributed by atoms with Gasteiger partial charge in [-0.1, -0.05) is 0 Å². The molecule has 0 N–H and O–H groups in total. The van der Waals surface area contributed by atoms with Crippen molar-refractivity contribution in [3.05, 3.63) is 21.7 Å². The fourth-order valence-corrected chi connectivity index (χ4v) is 2.72. The third kappa shape index (κ3) is 1.82. The van der Waals surface area contributed by atoms with E-state index in [1.807, 2.05) is 6.07 Å². The fraction of sp³-hybridized carbons (Fsp3) is 0.417. The minimum atomic E-state index is 0.256. The highest BCUT2D eigenvalue weighted by Gasteiger charge is 2.24. The summed E-state index contributed by atoms with van der Waals surface area (Å²) in [6.07, 6.45) is 1.77. The van der Waals surface area contributed by atoms with Gasteiger partial charge in [-0.15, -0.1) is 0 Å². The molecule has 86 valence electrons. The van der Waals surface area contributed by atoms with Crippen LogP contribution in [0.25, 0.3) is 0 Å². The van der Waals surface area contributed by atoms with Crippen molar-refractivity contribution >= 4 is 21.7 Å². The lowest BCUT2D eigenvalue weighted by molar-refractivity contribution is -0.118. The summed E-state index contributed by atoms with van der Waals surface area (Å²) in [6.45, 7) is 0. The van der Waals surface area contributed by atoms with Gasteiger partial charge in [0.15, 0.2) is 0 Å². The Morgan fingerprint density at radius 1 is 1.19 bits per heavy atom. The molecule has 4 heteroatoms. The van der Waals surface area contributed by atoms with Crippen LogP contribution >= 0.6 is 15.9 Å². The number of carbonyl (C=O) groups is 1. The smallest absolute Gasteiger partial charge is 0.137 e. The van der Waals surface area contributed by atoms with Crippen LogP contribution in [-0.2, 0) is 17.6 Å². The molecule has 0 saturated carbocycles. The van der Waals surface area contributed by atoms with Crippen LogP contribution in [0.1, 0.15) is 17.5 Å². The van der Waals surface area contributed by atoms with Crippen LogP contribution in [0, 0.1) is 0 Å². The fourth-order valence-electron chi connectivity index (χ4n) is 2.11. The van der Waals surface area contributed by atoms with Crippen molar-refractivity contribution in [3.8, 4) is 11.5 Å². The summed E-state index contributed by atoms with van der Waals surface area (Å²) < 4.78 is 11.5. The van der Waals surface area contributed by atoms with Gasteiger partial charge in [-0.25, -0.2) is 0 Å². The molecule has 2 rings (SSSR count). The lowest BCUT2D eigenvalue weighted by Crippen LogP contribution is -2.15. The van der Waals surface area contributed by atoms with E-state index in [0.29, 0.717) is 12.8 Å². The summed E-state index contributed by atoms with van der Waals surface area (Å²) in [6, 6.07) is 1.90. The standard InChI is InChI=1S/C12H13BrO3/c1-15-11-6-10(13)12(16-2)9-5-7(14)3-4-8(9)11/h6H,3-5H2,1-2H3. The molecule has 0 fully saturated rings. The topological polar surface area (TPSA) is 35.5 Å². The van der Waals surface area contributed by atoms with Crippen LogP contribution in [0.15, 0.2) is 10.5 Å². The first-order chi connectivity index (χ1) is 7.67. The summed E-state index contributed by atoms with van der Waals surface area (Å²) in [7, 11) is 3.26. The number of ketones is 1. The Hall–Kier alpha value is -1.03. The molecule has 0 heterocycles. The van der Waals surface area contributed by atoms with Crippen molar-refractivity contribution in [1.29, 1.82) is 0 Å². The molecule has 16 heavy (non-hydrogen) atoms. The van der Waals surface area contributed by atoms with Gasteiger partial charge in [0, 0.05) is 24.0 Å². The maximum absolute atomic E-state index is 11.5. The second-order valence-electron chi connectivity index (χ2n) is 3.77. The van der Waals surface area contributed by atoms with Crippen LogP contribution < -0.4 is 9.47 Å². The Morgan fingerprint density at radius 2 is 1.94 bits per heavy atom. The van der Waals surface area contributed by atoms with E-state index in [0.717, 1.165) is 33.5 Å². The number of ether oxygens (including phenoxy) is 2. The molecule has 0 atom stereocenters. The lowest BCUT2D eigenvalue weighted by Gasteiger charge is -2.21. The van der Waals surface area contributed by atoms with E-state index < -0.39 is 0 Å². The summed E-state index contributed by atoms with van der Waals surface area (Å²) in [5, 5.41) is 0. The van der Waals surface area contributed by atoms with E-state index in [9.17, 15) is 4.79 Å². The lowest BCUT2D eigenvalue weighted by atomic mass is 9.89. The first kappa shape index (κ1) is 11.5. The number of rotatable bonds is 2. The first-order valence-corrected chi connectivity index (χ1v) is 5.90.